The Hall–Kier alpha value is -3.54. The lowest BCUT2D eigenvalue weighted by Gasteiger charge is -2.31. The van der Waals surface area contributed by atoms with Crippen molar-refractivity contribution in [2.75, 3.05) is 0 Å². The summed E-state index contributed by atoms with van der Waals surface area (Å²) < 4.78 is 27.7. The summed E-state index contributed by atoms with van der Waals surface area (Å²) in [5, 5.41) is 0. The van der Waals surface area contributed by atoms with E-state index in [-0.39, 0.29) is 0 Å². The first-order chi connectivity index (χ1) is 14.2. The third-order valence-corrected chi connectivity index (χ3v) is 5.44. The van der Waals surface area contributed by atoms with E-state index in [1.54, 1.807) is 24.5 Å². The van der Waals surface area contributed by atoms with Crippen LogP contribution in [-0.4, -0.2) is 19.9 Å². The summed E-state index contributed by atoms with van der Waals surface area (Å²) in [4.78, 5) is 16.6. The number of hydrogen-bond donors (Lipinski definition) is 0. The number of nitrogens with zero attached hydrogens (tertiary/aromatic N) is 4. The molecule has 0 saturated carbocycles. The van der Waals surface area contributed by atoms with E-state index in [0.29, 0.717) is 12.8 Å². The SMILES string of the molecule is Fc1cc(CC2(Cc3ccnc(F)c3)c3ccccc3-c3nccnc32)ccn1. The summed E-state index contributed by atoms with van der Waals surface area (Å²) in [5.74, 6) is -1.06. The maximum atomic E-state index is 13.8. The van der Waals surface area contributed by atoms with Crippen molar-refractivity contribution in [2.45, 2.75) is 18.3 Å². The minimum atomic E-state index is -0.609. The van der Waals surface area contributed by atoms with E-state index in [9.17, 15) is 8.78 Å². The normalized spacial score (nSPS) is 13.7. The number of halogens is 2. The standard InChI is InChI=1S/C23H16F2N4/c24-19-11-15(5-7-26-19)13-23(14-16-6-8-27-20(25)12-16)18-4-2-1-3-17(18)21-22(23)29-10-9-28-21/h1-12H,13-14H2. The first-order valence-electron chi connectivity index (χ1n) is 9.28. The average Bonchev–Trinajstić information content (AvgIpc) is 2.99. The van der Waals surface area contributed by atoms with Gasteiger partial charge in [0.25, 0.3) is 0 Å². The fourth-order valence-corrected chi connectivity index (χ4v) is 4.34. The molecule has 5 rings (SSSR count). The van der Waals surface area contributed by atoms with Crippen LogP contribution in [0.3, 0.4) is 0 Å². The summed E-state index contributed by atoms with van der Waals surface area (Å²) in [6.45, 7) is 0. The van der Waals surface area contributed by atoms with Crippen molar-refractivity contribution in [1.29, 1.82) is 0 Å². The smallest absolute Gasteiger partial charge is 0.213 e. The minimum absolute atomic E-state index is 0.485. The van der Waals surface area contributed by atoms with E-state index in [4.69, 9.17) is 0 Å². The van der Waals surface area contributed by atoms with Crippen LogP contribution >= 0.6 is 0 Å². The van der Waals surface area contributed by atoms with E-state index in [2.05, 4.69) is 19.9 Å². The highest BCUT2D eigenvalue weighted by atomic mass is 19.1. The van der Waals surface area contributed by atoms with Crippen molar-refractivity contribution in [3.63, 3.8) is 0 Å². The summed E-state index contributed by atoms with van der Waals surface area (Å²) >= 11 is 0. The zero-order chi connectivity index (χ0) is 19.8. The molecule has 1 aliphatic carbocycles. The Balaban J connectivity index is 1.74. The van der Waals surface area contributed by atoms with Gasteiger partial charge in [0, 0.05) is 35.8 Å². The van der Waals surface area contributed by atoms with E-state index in [0.717, 1.165) is 33.6 Å². The van der Waals surface area contributed by atoms with Gasteiger partial charge in [-0.3, -0.25) is 9.97 Å². The topological polar surface area (TPSA) is 51.6 Å². The van der Waals surface area contributed by atoms with Crippen LogP contribution in [0.1, 0.15) is 22.4 Å². The molecule has 0 spiro atoms. The Morgan fingerprint density at radius 1 is 0.690 bits per heavy atom. The predicted octanol–water partition coefficient (Wildman–Crippen LogP) is 4.30. The van der Waals surface area contributed by atoms with Gasteiger partial charge >= 0.3 is 0 Å². The summed E-state index contributed by atoms with van der Waals surface area (Å²) in [5.41, 5.74) is 4.65. The second-order valence-electron chi connectivity index (χ2n) is 7.21. The molecule has 3 aromatic heterocycles. The van der Waals surface area contributed by atoms with Crippen molar-refractivity contribution in [3.8, 4) is 11.3 Å². The Bertz CT molecular complexity index is 1110. The second-order valence-corrected chi connectivity index (χ2v) is 7.21. The molecule has 3 heterocycles. The lowest BCUT2D eigenvalue weighted by molar-refractivity contribution is 0.496. The minimum Gasteiger partial charge on any atom is -0.256 e. The summed E-state index contributed by atoms with van der Waals surface area (Å²) in [7, 11) is 0. The zero-order valence-electron chi connectivity index (χ0n) is 15.4. The van der Waals surface area contributed by atoms with Gasteiger partial charge in [-0.1, -0.05) is 24.3 Å². The van der Waals surface area contributed by atoms with Gasteiger partial charge in [-0.05, 0) is 53.8 Å². The van der Waals surface area contributed by atoms with E-state index >= 15 is 0 Å². The first kappa shape index (κ1) is 17.6. The molecule has 0 amide bonds. The maximum Gasteiger partial charge on any atom is 0.213 e. The van der Waals surface area contributed by atoms with E-state index in [1.165, 1.54) is 24.5 Å². The second kappa shape index (κ2) is 6.81. The highest BCUT2D eigenvalue weighted by Gasteiger charge is 2.45. The fraction of sp³-hybridized carbons (Fsp3) is 0.130. The Kier molecular flexibility index (Phi) is 4.12. The number of benzene rings is 1. The number of pyridine rings is 2. The molecule has 0 atom stereocenters. The Labute approximate surface area is 166 Å². The molecule has 29 heavy (non-hydrogen) atoms. The summed E-state index contributed by atoms with van der Waals surface area (Å²) in [6.07, 6.45) is 7.23. The summed E-state index contributed by atoms with van der Waals surface area (Å²) in [6, 6.07) is 14.5. The third-order valence-electron chi connectivity index (χ3n) is 5.44. The molecule has 6 heteroatoms. The van der Waals surface area contributed by atoms with Crippen LogP contribution in [0.25, 0.3) is 11.3 Å². The van der Waals surface area contributed by atoms with Gasteiger partial charge in [0.2, 0.25) is 11.9 Å². The molecule has 0 bridgehead atoms. The number of aromatic nitrogens is 4. The first-order valence-corrected chi connectivity index (χ1v) is 9.28. The van der Waals surface area contributed by atoms with Crippen molar-refractivity contribution >= 4 is 0 Å². The van der Waals surface area contributed by atoms with Gasteiger partial charge in [0.15, 0.2) is 0 Å². The molecule has 0 unspecified atom stereocenters. The van der Waals surface area contributed by atoms with Gasteiger partial charge in [0.1, 0.15) is 0 Å². The monoisotopic (exact) mass is 386 g/mol. The Morgan fingerprint density at radius 3 is 1.97 bits per heavy atom. The number of hydrogen-bond acceptors (Lipinski definition) is 4. The van der Waals surface area contributed by atoms with E-state index in [1.807, 2.05) is 24.3 Å². The van der Waals surface area contributed by atoms with Gasteiger partial charge in [-0.15, -0.1) is 0 Å². The molecular weight excluding hydrogens is 370 g/mol. The van der Waals surface area contributed by atoms with Crippen LogP contribution in [-0.2, 0) is 18.3 Å². The van der Waals surface area contributed by atoms with Crippen molar-refractivity contribution in [1.82, 2.24) is 19.9 Å². The molecule has 4 nitrogen and oxygen atoms in total. The van der Waals surface area contributed by atoms with Gasteiger partial charge in [-0.2, -0.15) is 8.78 Å². The van der Waals surface area contributed by atoms with Crippen molar-refractivity contribution < 1.29 is 8.78 Å². The highest BCUT2D eigenvalue weighted by molar-refractivity contribution is 5.77. The quantitative estimate of drug-likeness (QED) is 0.491. The third kappa shape index (κ3) is 2.97. The van der Waals surface area contributed by atoms with Crippen molar-refractivity contribution in [3.05, 3.63) is 108 Å². The van der Waals surface area contributed by atoms with Crippen LogP contribution in [0.5, 0.6) is 0 Å². The van der Waals surface area contributed by atoms with Crippen LogP contribution < -0.4 is 0 Å². The molecule has 1 aromatic carbocycles. The lowest BCUT2D eigenvalue weighted by atomic mass is 9.71. The van der Waals surface area contributed by atoms with Crippen LogP contribution in [0.2, 0.25) is 0 Å². The van der Waals surface area contributed by atoms with Crippen LogP contribution in [0, 0.1) is 11.9 Å². The lowest BCUT2D eigenvalue weighted by Crippen LogP contribution is -2.32. The molecule has 1 aliphatic rings. The molecule has 142 valence electrons. The average molecular weight is 386 g/mol. The molecule has 4 aromatic rings. The maximum absolute atomic E-state index is 13.8. The van der Waals surface area contributed by atoms with Crippen LogP contribution in [0.15, 0.2) is 73.3 Å². The molecule has 0 radical (unpaired) electrons. The largest absolute Gasteiger partial charge is 0.256 e. The fourth-order valence-electron chi connectivity index (χ4n) is 4.34. The number of rotatable bonds is 4. The van der Waals surface area contributed by atoms with Gasteiger partial charge in [-0.25, -0.2) is 9.97 Å². The van der Waals surface area contributed by atoms with Crippen molar-refractivity contribution in [2.24, 2.45) is 0 Å². The molecular formula is C23H16F2N4. The van der Waals surface area contributed by atoms with Gasteiger partial charge < -0.3 is 0 Å². The predicted molar refractivity (Wildman–Crippen MR) is 104 cm³/mol. The molecule has 0 saturated heterocycles. The molecule has 0 aliphatic heterocycles. The molecule has 0 N–H and O–H groups in total. The Morgan fingerprint density at radius 2 is 1.31 bits per heavy atom. The van der Waals surface area contributed by atoms with Gasteiger partial charge in [0.05, 0.1) is 11.4 Å². The molecule has 0 fully saturated rings. The number of fused-ring (bicyclic) bond motifs is 3. The van der Waals surface area contributed by atoms with Crippen LogP contribution in [0.4, 0.5) is 8.78 Å². The highest BCUT2D eigenvalue weighted by Crippen LogP contribution is 2.50. The zero-order valence-corrected chi connectivity index (χ0v) is 15.4. The van der Waals surface area contributed by atoms with E-state index < -0.39 is 17.3 Å².